The lowest BCUT2D eigenvalue weighted by Gasteiger charge is -2.31. The Hall–Kier alpha value is -0.940. The van der Waals surface area contributed by atoms with Crippen molar-refractivity contribution in [2.75, 3.05) is 26.7 Å². The quantitative estimate of drug-likeness (QED) is 0.855. The number of nitrogens with one attached hydrogen (secondary N) is 1. The van der Waals surface area contributed by atoms with Crippen LogP contribution in [0.5, 0.6) is 0 Å². The molecule has 1 N–H and O–H groups in total. The summed E-state index contributed by atoms with van der Waals surface area (Å²) in [5.74, 6) is 3.06. The van der Waals surface area contributed by atoms with Crippen LogP contribution in [-0.2, 0) is 6.54 Å². The van der Waals surface area contributed by atoms with Crippen molar-refractivity contribution in [3.63, 3.8) is 0 Å². The first-order valence-electron chi connectivity index (χ1n) is 7.04. The number of nitrogens with zero attached hydrogens (tertiary/aromatic N) is 3. The van der Waals surface area contributed by atoms with E-state index in [1.165, 1.54) is 25.7 Å². The van der Waals surface area contributed by atoms with E-state index < -0.39 is 0 Å². The summed E-state index contributed by atoms with van der Waals surface area (Å²) < 4.78 is 5.35. The predicted octanol–water partition coefficient (Wildman–Crippen LogP) is 1.38. The van der Waals surface area contributed by atoms with Crippen molar-refractivity contribution < 1.29 is 4.52 Å². The Morgan fingerprint density at radius 2 is 2.28 bits per heavy atom. The molecule has 2 heterocycles. The topological polar surface area (TPSA) is 54.2 Å². The Morgan fingerprint density at radius 3 is 3.06 bits per heavy atom. The fraction of sp³-hybridized carbons (Fsp3) is 0.846. The van der Waals surface area contributed by atoms with Gasteiger partial charge in [-0.05, 0) is 51.7 Å². The third-order valence-corrected chi connectivity index (χ3v) is 3.88. The molecule has 1 aromatic heterocycles. The van der Waals surface area contributed by atoms with Gasteiger partial charge in [-0.15, -0.1) is 0 Å². The van der Waals surface area contributed by atoms with Crippen molar-refractivity contribution in [1.29, 1.82) is 0 Å². The van der Waals surface area contributed by atoms with Gasteiger partial charge in [-0.1, -0.05) is 5.16 Å². The van der Waals surface area contributed by atoms with E-state index in [0.29, 0.717) is 5.92 Å². The molecule has 2 fully saturated rings. The maximum absolute atomic E-state index is 5.35. The second kappa shape index (κ2) is 5.36. The number of likely N-dealkylation sites (tertiary alicyclic amines) is 1. The molecule has 1 aliphatic heterocycles. The third-order valence-electron chi connectivity index (χ3n) is 3.88. The summed E-state index contributed by atoms with van der Waals surface area (Å²) in [6.45, 7) is 4.22. The number of hydrogen-bond acceptors (Lipinski definition) is 5. The van der Waals surface area contributed by atoms with Crippen LogP contribution < -0.4 is 5.32 Å². The van der Waals surface area contributed by atoms with Crippen LogP contribution >= 0.6 is 0 Å². The van der Waals surface area contributed by atoms with Gasteiger partial charge in [-0.25, -0.2) is 0 Å². The second-order valence-electron chi connectivity index (χ2n) is 5.62. The van der Waals surface area contributed by atoms with E-state index in [1.54, 1.807) is 0 Å². The molecule has 0 aromatic carbocycles. The molecule has 0 amide bonds. The molecule has 1 atom stereocenters. The predicted molar refractivity (Wildman–Crippen MR) is 68.2 cm³/mol. The molecule has 3 rings (SSSR count). The zero-order valence-electron chi connectivity index (χ0n) is 11.1. The molecule has 1 aromatic rings. The summed E-state index contributed by atoms with van der Waals surface area (Å²) in [6.07, 6.45) is 5.06. The number of rotatable bonds is 5. The van der Waals surface area contributed by atoms with Gasteiger partial charge >= 0.3 is 0 Å². The van der Waals surface area contributed by atoms with Gasteiger partial charge in [0.15, 0.2) is 5.82 Å². The molecule has 18 heavy (non-hydrogen) atoms. The van der Waals surface area contributed by atoms with E-state index in [1.807, 2.05) is 7.05 Å². The van der Waals surface area contributed by atoms with Crippen LogP contribution in [0.2, 0.25) is 0 Å². The lowest BCUT2D eigenvalue weighted by atomic mass is 9.98. The summed E-state index contributed by atoms with van der Waals surface area (Å²) >= 11 is 0. The molecule has 5 heteroatoms. The highest BCUT2D eigenvalue weighted by molar-refractivity contribution is 5.03. The fourth-order valence-corrected chi connectivity index (χ4v) is 2.78. The minimum absolute atomic E-state index is 0.584. The average molecular weight is 250 g/mol. The molecule has 0 radical (unpaired) electrons. The van der Waals surface area contributed by atoms with E-state index in [-0.39, 0.29) is 0 Å². The average Bonchev–Trinajstić information content (AvgIpc) is 3.12. The Bertz CT molecular complexity index is 386. The van der Waals surface area contributed by atoms with Crippen LogP contribution in [0.1, 0.15) is 43.3 Å². The van der Waals surface area contributed by atoms with Crippen molar-refractivity contribution in [3.8, 4) is 0 Å². The molecule has 1 unspecified atom stereocenters. The van der Waals surface area contributed by atoms with E-state index >= 15 is 0 Å². The van der Waals surface area contributed by atoms with Crippen molar-refractivity contribution in [2.45, 2.75) is 38.1 Å². The molecule has 0 bridgehead atoms. The maximum atomic E-state index is 5.35. The SMILES string of the molecule is CNCC1CCCN(Cc2nc(C3CC3)no2)C1. The van der Waals surface area contributed by atoms with E-state index in [0.717, 1.165) is 43.8 Å². The highest BCUT2D eigenvalue weighted by Gasteiger charge is 2.29. The van der Waals surface area contributed by atoms with Crippen molar-refractivity contribution in [2.24, 2.45) is 5.92 Å². The monoisotopic (exact) mass is 250 g/mol. The fourth-order valence-electron chi connectivity index (χ4n) is 2.78. The molecular formula is C13H22N4O. The van der Waals surface area contributed by atoms with Gasteiger partial charge < -0.3 is 9.84 Å². The first-order chi connectivity index (χ1) is 8.85. The number of piperidine rings is 1. The maximum Gasteiger partial charge on any atom is 0.240 e. The normalized spacial score (nSPS) is 25.5. The van der Waals surface area contributed by atoms with E-state index in [4.69, 9.17) is 4.52 Å². The van der Waals surface area contributed by atoms with Crippen molar-refractivity contribution in [3.05, 3.63) is 11.7 Å². The summed E-state index contributed by atoms with van der Waals surface area (Å²) in [7, 11) is 2.03. The third kappa shape index (κ3) is 2.90. The van der Waals surface area contributed by atoms with Gasteiger partial charge in [0.1, 0.15) is 0 Å². The van der Waals surface area contributed by atoms with Gasteiger partial charge in [0, 0.05) is 12.5 Å². The zero-order chi connectivity index (χ0) is 12.4. The minimum atomic E-state index is 0.584. The molecule has 1 saturated carbocycles. The van der Waals surface area contributed by atoms with Crippen LogP contribution in [0.4, 0.5) is 0 Å². The summed E-state index contributed by atoms with van der Waals surface area (Å²) in [4.78, 5) is 6.94. The lowest BCUT2D eigenvalue weighted by molar-refractivity contribution is 0.149. The number of hydrogen-bond donors (Lipinski definition) is 1. The second-order valence-corrected chi connectivity index (χ2v) is 5.62. The Balaban J connectivity index is 1.54. The van der Waals surface area contributed by atoms with Crippen LogP contribution in [0.25, 0.3) is 0 Å². The summed E-state index contributed by atoms with van der Waals surface area (Å²) in [5, 5.41) is 7.34. The van der Waals surface area contributed by atoms with Gasteiger partial charge in [0.05, 0.1) is 6.54 Å². The van der Waals surface area contributed by atoms with E-state index in [2.05, 4.69) is 20.4 Å². The smallest absolute Gasteiger partial charge is 0.240 e. The van der Waals surface area contributed by atoms with Gasteiger partial charge in [-0.2, -0.15) is 4.98 Å². The first kappa shape index (κ1) is 12.1. The molecule has 5 nitrogen and oxygen atoms in total. The highest BCUT2D eigenvalue weighted by atomic mass is 16.5. The molecule has 2 aliphatic rings. The highest BCUT2D eigenvalue weighted by Crippen LogP contribution is 2.38. The van der Waals surface area contributed by atoms with Gasteiger partial charge in [0.2, 0.25) is 5.89 Å². The molecule has 1 saturated heterocycles. The Labute approximate surface area is 108 Å². The molecule has 0 spiro atoms. The molecular weight excluding hydrogens is 228 g/mol. The zero-order valence-corrected chi connectivity index (χ0v) is 11.1. The van der Waals surface area contributed by atoms with Crippen LogP contribution in [0, 0.1) is 5.92 Å². The number of aromatic nitrogens is 2. The van der Waals surface area contributed by atoms with Crippen LogP contribution in [0.15, 0.2) is 4.52 Å². The largest absolute Gasteiger partial charge is 0.338 e. The lowest BCUT2D eigenvalue weighted by Crippen LogP contribution is -2.38. The van der Waals surface area contributed by atoms with Crippen LogP contribution in [0.3, 0.4) is 0 Å². The Morgan fingerprint density at radius 1 is 1.39 bits per heavy atom. The Kier molecular flexibility index (Phi) is 3.61. The van der Waals surface area contributed by atoms with Crippen LogP contribution in [-0.4, -0.2) is 41.7 Å². The molecule has 1 aliphatic carbocycles. The van der Waals surface area contributed by atoms with Crippen molar-refractivity contribution in [1.82, 2.24) is 20.4 Å². The molecule has 100 valence electrons. The minimum Gasteiger partial charge on any atom is -0.338 e. The first-order valence-corrected chi connectivity index (χ1v) is 7.04. The van der Waals surface area contributed by atoms with Gasteiger partial charge in [-0.3, -0.25) is 4.90 Å². The standard InChI is InChI=1S/C13H22N4O/c1-14-7-10-3-2-6-17(8-10)9-12-15-13(16-18-12)11-4-5-11/h10-11,14H,2-9H2,1H3. The summed E-state index contributed by atoms with van der Waals surface area (Å²) in [6, 6.07) is 0. The van der Waals surface area contributed by atoms with Gasteiger partial charge in [0.25, 0.3) is 0 Å². The van der Waals surface area contributed by atoms with E-state index in [9.17, 15) is 0 Å². The van der Waals surface area contributed by atoms with Crippen molar-refractivity contribution >= 4 is 0 Å². The summed E-state index contributed by atoms with van der Waals surface area (Å²) in [5.41, 5.74) is 0.